The van der Waals surface area contributed by atoms with E-state index in [0.717, 1.165) is 45.7 Å². The third-order valence-corrected chi connectivity index (χ3v) is 9.75. The average molecular weight is 600 g/mol. The van der Waals surface area contributed by atoms with Crippen LogP contribution in [0.3, 0.4) is 0 Å². The number of amides is 2. The van der Waals surface area contributed by atoms with Crippen LogP contribution in [0.4, 0.5) is 0 Å². The minimum atomic E-state index is -0.703. The van der Waals surface area contributed by atoms with E-state index in [9.17, 15) is 19.5 Å². The van der Waals surface area contributed by atoms with E-state index in [1.165, 1.54) is 0 Å². The molecule has 5 rings (SSSR count). The van der Waals surface area contributed by atoms with E-state index in [1.54, 1.807) is 22.3 Å². The molecule has 43 heavy (non-hydrogen) atoms. The molecular weight excluding hydrogens is 558 g/mol. The average Bonchev–Trinajstić information content (AvgIpc) is 3.54. The predicted molar refractivity (Wildman–Crippen MR) is 169 cm³/mol. The lowest BCUT2D eigenvalue weighted by Crippen LogP contribution is -2.50. The molecule has 0 spiro atoms. The second kappa shape index (κ2) is 12.9. The molecule has 2 heterocycles. The van der Waals surface area contributed by atoms with Gasteiger partial charge in [-0.3, -0.25) is 14.4 Å². The van der Waals surface area contributed by atoms with Crippen molar-refractivity contribution in [1.29, 1.82) is 0 Å². The molecule has 0 bridgehead atoms. The van der Waals surface area contributed by atoms with Crippen molar-refractivity contribution in [3.8, 4) is 10.4 Å². The van der Waals surface area contributed by atoms with Gasteiger partial charge in [-0.2, -0.15) is 0 Å². The molecule has 1 fully saturated rings. The molecule has 2 amide bonds. The van der Waals surface area contributed by atoms with Crippen LogP contribution in [0.5, 0.6) is 0 Å². The number of nitrogens with one attached hydrogen (secondary N) is 1. The molecule has 1 aromatic heterocycles. The Hall–Kier alpha value is -3.62. The summed E-state index contributed by atoms with van der Waals surface area (Å²) in [5.41, 5.74) is 6.82. The van der Waals surface area contributed by atoms with E-state index in [-0.39, 0.29) is 17.6 Å². The lowest BCUT2D eigenvalue weighted by molar-refractivity contribution is -0.127. The third-order valence-electron chi connectivity index (χ3n) is 8.77. The van der Waals surface area contributed by atoms with Crippen molar-refractivity contribution in [2.75, 3.05) is 0 Å². The van der Waals surface area contributed by atoms with Gasteiger partial charge in [-0.15, -0.1) is 11.3 Å². The summed E-state index contributed by atoms with van der Waals surface area (Å²) in [5, 5.41) is 13.7. The molecule has 226 valence electrons. The Kier molecular flexibility index (Phi) is 9.28. The summed E-state index contributed by atoms with van der Waals surface area (Å²) >= 11 is 1.61. The van der Waals surface area contributed by atoms with Gasteiger partial charge in [-0.25, -0.2) is 4.98 Å². The summed E-state index contributed by atoms with van der Waals surface area (Å²) in [6.45, 7) is 8.96. The highest BCUT2D eigenvalue weighted by molar-refractivity contribution is 7.13. The first-order valence-electron chi connectivity index (χ1n) is 15.1. The molecule has 8 heteroatoms. The van der Waals surface area contributed by atoms with Crippen LogP contribution >= 0.6 is 11.3 Å². The van der Waals surface area contributed by atoms with E-state index in [4.69, 9.17) is 0 Å². The minimum absolute atomic E-state index is 0.118. The molecule has 3 atom stereocenters. The van der Waals surface area contributed by atoms with Crippen molar-refractivity contribution < 1.29 is 19.5 Å². The maximum Gasteiger partial charge on any atom is 0.255 e. The van der Waals surface area contributed by atoms with E-state index in [0.29, 0.717) is 37.9 Å². The highest BCUT2D eigenvalue weighted by Gasteiger charge is 2.44. The summed E-state index contributed by atoms with van der Waals surface area (Å²) in [6.07, 6.45) is 3.69. The number of hydrogen-bond acceptors (Lipinski definition) is 6. The smallest absolute Gasteiger partial charge is 0.255 e. The molecule has 1 aliphatic carbocycles. The number of aliphatic hydroxyl groups excluding tert-OH is 1. The van der Waals surface area contributed by atoms with Crippen LogP contribution in [-0.4, -0.2) is 44.7 Å². The fourth-order valence-corrected chi connectivity index (χ4v) is 7.52. The summed E-state index contributed by atoms with van der Waals surface area (Å²) in [4.78, 5) is 47.8. The van der Waals surface area contributed by atoms with E-state index in [1.807, 2.05) is 74.8 Å². The number of ketones is 1. The Balaban J connectivity index is 1.27. The molecule has 2 aliphatic rings. The summed E-state index contributed by atoms with van der Waals surface area (Å²) in [7, 11) is 0. The zero-order valence-corrected chi connectivity index (χ0v) is 26.2. The van der Waals surface area contributed by atoms with E-state index < -0.39 is 23.5 Å². The monoisotopic (exact) mass is 599 g/mol. The first kappa shape index (κ1) is 30.8. The normalized spacial score (nSPS) is 20.3. The molecule has 0 unspecified atom stereocenters. The summed E-state index contributed by atoms with van der Waals surface area (Å²) in [5.74, 6) is -0.819. The highest BCUT2D eigenvalue weighted by Crippen LogP contribution is 2.37. The number of aliphatic hydroxyl groups is 1. The Bertz CT molecular complexity index is 1520. The molecule has 0 saturated heterocycles. The number of thiazole rings is 1. The number of aromatic nitrogens is 1. The number of carbonyl (C=O) groups is 3. The van der Waals surface area contributed by atoms with Gasteiger partial charge in [0.2, 0.25) is 5.91 Å². The maximum atomic E-state index is 14.0. The van der Waals surface area contributed by atoms with Crippen LogP contribution in [0.1, 0.15) is 80.1 Å². The number of fused-ring (bicyclic) bond motifs is 1. The highest BCUT2D eigenvalue weighted by atomic mass is 32.1. The summed E-state index contributed by atoms with van der Waals surface area (Å²) in [6, 6.07) is 15.0. The van der Waals surface area contributed by atoms with Gasteiger partial charge in [0.05, 0.1) is 22.2 Å². The molecule has 1 aliphatic heterocycles. The van der Waals surface area contributed by atoms with Crippen molar-refractivity contribution in [1.82, 2.24) is 15.2 Å². The Morgan fingerprint density at radius 1 is 1.16 bits per heavy atom. The largest absolute Gasteiger partial charge is 0.393 e. The van der Waals surface area contributed by atoms with E-state index in [2.05, 4.69) is 17.2 Å². The van der Waals surface area contributed by atoms with Crippen molar-refractivity contribution in [3.63, 3.8) is 0 Å². The lowest BCUT2D eigenvalue weighted by Gasteiger charge is -2.39. The van der Waals surface area contributed by atoms with Crippen molar-refractivity contribution in [2.45, 2.75) is 85.0 Å². The predicted octanol–water partition coefficient (Wildman–Crippen LogP) is 6.24. The number of aryl methyl sites for hydroxylation is 1. The van der Waals surface area contributed by atoms with Gasteiger partial charge in [0.15, 0.2) is 5.78 Å². The first-order valence-corrected chi connectivity index (χ1v) is 16.0. The SMILES string of the molecule is CCCC(C)(C)[C@@H](C(=O)/C=C1\C[C@H](O)C[C@@H](C(=O)NCc2ccc(-c3scnc3C)cc2)C1)N1Cc2ccccc2C1=O. The van der Waals surface area contributed by atoms with Gasteiger partial charge in [0.25, 0.3) is 5.91 Å². The third kappa shape index (κ3) is 6.81. The number of benzene rings is 2. The van der Waals surface area contributed by atoms with Crippen LogP contribution < -0.4 is 5.32 Å². The number of rotatable bonds is 10. The Morgan fingerprint density at radius 2 is 1.91 bits per heavy atom. The first-order chi connectivity index (χ1) is 20.6. The van der Waals surface area contributed by atoms with Crippen LogP contribution in [-0.2, 0) is 22.7 Å². The second-order valence-corrected chi connectivity index (χ2v) is 13.5. The molecule has 2 aromatic carbocycles. The molecule has 1 saturated carbocycles. The number of nitrogens with zero attached hydrogens (tertiary/aromatic N) is 2. The zero-order valence-electron chi connectivity index (χ0n) is 25.4. The lowest BCUT2D eigenvalue weighted by atomic mass is 9.76. The quantitative estimate of drug-likeness (QED) is 0.269. The van der Waals surface area contributed by atoms with Crippen LogP contribution in [0.25, 0.3) is 10.4 Å². The molecular formula is C35H41N3O4S. The zero-order chi connectivity index (χ0) is 30.7. The maximum absolute atomic E-state index is 14.0. The number of carbonyl (C=O) groups excluding carboxylic acids is 3. The molecule has 7 nitrogen and oxygen atoms in total. The van der Waals surface area contributed by atoms with Gasteiger partial charge in [-0.1, -0.05) is 75.2 Å². The van der Waals surface area contributed by atoms with Gasteiger partial charge >= 0.3 is 0 Å². The van der Waals surface area contributed by atoms with Gasteiger partial charge in [0.1, 0.15) is 6.04 Å². The number of hydrogen-bond donors (Lipinski definition) is 2. The fraction of sp³-hybridized carbons (Fsp3) is 0.429. The minimum Gasteiger partial charge on any atom is -0.393 e. The van der Waals surface area contributed by atoms with E-state index >= 15 is 0 Å². The second-order valence-electron chi connectivity index (χ2n) is 12.6. The Morgan fingerprint density at radius 3 is 2.58 bits per heavy atom. The van der Waals surface area contributed by atoms with Crippen LogP contribution in [0, 0.1) is 18.3 Å². The van der Waals surface area contributed by atoms with Gasteiger partial charge in [-0.05, 0) is 66.9 Å². The Labute approximate surface area is 258 Å². The fourth-order valence-electron chi connectivity index (χ4n) is 6.71. The van der Waals surface area contributed by atoms with Crippen molar-refractivity contribution in [2.24, 2.45) is 11.3 Å². The topological polar surface area (TPSA) is 99.6 Å². The van der Waals surface area contributed by atoms with Crippen molar-refractivity contribution >= 4 is 28.9 Å². The van der Waals surface area contributed by atoms with Gasteiger partial charge in [0, 0.05) is 24.6 Å². The molecule has 3 aromatic rings. The van der Waals surface area contributed by atoms with Crippen LogP contribution in [0.15, 0.2) is 65.7 Å². The summed E-state index contributed by atoms with van der Waals surface area (Å²) < 4.78 is 0. The molecule has 2 N–H and O–H groups in total. The standard InChI is InChI=1S/C35H41N3O4S/c1-5-14-35(3,4)32(38-20-26-8-6-7-9-29(26)34(38)42)30(40)17-24-15-27(18-28(39)16-24)33(41)36-19-23-10-12-25(13-11-23)31-22(2)37-21-43-31/h6-13,17,21,27-28,32,39H,5,14-16,18-20H2,1-4H3,(H,36,41)/b24-17-/t27-,28-,32+/m0/s1. The van der Waals surface area contributed by atoms with Crippen molar-refractivity contribution in [3.05, 3.63) is 88.1 Å². The van der Waals surface area contributed by atoms with Gasteiger partial charge < -0.3 is 15.3 Å². The van der Waals surface area contributed by atoms with Crippen LogP contribution in [0.2, 0.25) is 0 Å². The molecule has 0 radical (unpaired) electrons.